The lowest BCUT2D eigenvalue weighted by Gasteiger charge is -2.12. The van der Waals surface area contributed by atoms with E-state index in [2.05, 4.69) is 6.92 Å². The van der Waals surface area contributed by atoms with E-state index in [1.807, 2.05) is 54.6 Å². The Hall–Kier alpha value is -2.13. The number of ether oxygens (including phenoxy) is 1. The van der Waals surface area contributed by atoms with E-state index in [-0.39, 0.29) is 11.8 Å². The number of unbranched alkanes of at least 4 members (excludes halogenated alkanes) is 1. The van der Waals surface area contributed by atoms with Crippen molar-refractivity contribution in [2.45, 2.75) is 32.2 Å². The minimum atomic E-state index is -0.294. The van der Waals surface area contributed by atoms with E-state index >= 15 is 0 Å². The van der Waals surface area contributed by atoms with Gasteiger partial charge in [-0.25, -0.2) is 0 Å². The molecule has 0 spiro atoms. The first-order chi connectivity index (χ1) is 10.7. The molecule has 0 bridgehead atoms. The van der Waals surface area contributed by atoms with E-state index in [9.17, 15) is 4.79 Å². The molecule has 116 valence electrons. The van der Waals surface area contributed by atoms with Gasteiger partial charge in [-0.3, -0.25) is 4.79 Å². The van der Waals surface area contributed by atoms with Gasteiger partial charge in [0.05, 0.1) is 6.61 Å². The van der Waals surface area contributed by atoms with E-state index in [1.54, 1.807) is 0 Å². The van der Waals surface area contributed by atoms with Gasteiger partial charge >= 0.3 is 0 Å². The highest BCUT2D eigenvalue weighted by Crippen LogP contribution is 2.20. The summed E-state index contributed by atoms with van der Waals surface area (Å²) >= 11 is 0. The van der Waals surface area contributed by atoms with Crippen molar-refractivity contribution >= 4 is 5.78 Å². The number of hydrogen-bond donors (Lipinski definition) is 1. The van der Waals surface area contributed by atoms with Gasteiger partial charge in [-0.1, -0.05) is 55.8 Å². The number of benzene rings is 2. The van der Waals surface area contributed by atoms with Crippen molar-refractivity contribution in [3.8, 4) is 5.75 Å². The molecular formula is C19H23NO2. The Labute approximate surface area is 132 Å². The molecule has 0 aliphatic rings. The molecule has 0 amide bonds. The zero-order valence-electron chi connectivity index (χ0n) is 13.0. The summed E-state index contributed by atoms with van der Waals surface area (Å²) in [6.07, 6.45) is 2.47. The maximum absolute atomic E-state index is 12.2. The highest BCUT2D eigenvalue weighted by molar-refractivity contribution is 5.96. The first-order valence-corrected chi connectivity index (χ1v) is 7.77. The lowest BCUT2D eigenvalue weighted by atomic mass is 9.99. The number of nitrogens with two attached hydrogens (primary N) is 1. The molecule has 0 saturated heterocycles. The molecule has 0 unspecified atom stereocenters. The third-order valence-electron chi connectivity index (χ3n) is 3.58. The molecule has 22 heavy (non-hydrogen) atoms. The molecule has 2 N–H and O–H groups in total. The molecule has 0 heterocycles. The van der Waals surface area contributed by atoms with E-state index in [1.165, 1.54) is 0 Å². The van der Waals surface area contributed by atoms with Crippen molar-refractivity contribution in [3.63, 3.8) is 0 Å². The van der Waals surface area contributed by atoms with Crippen LogP contribution in [0.4, 0.5) is 0 Å². The van der Waals surface area contributed by atoms with Gasteiger partial charge in [-0.15, -0.1) is 0 Å². The molecule has 2 aromatic rings. The van der Waals surface area contributed by atoms with Crippen LogP contribution in [0.2, 0.25) is 0 Å². The highest BCUT2D eigenvalue weighted by Gasteiger charge is 2.13. The summed E-state index contributed by atoms with van der Waals surface area (Å²) in [5.41, 5.74) is 7.80. The molecular weight excluding hydrogens is 274 g/mol. The zero-order valence-corrected chi connectivity index (χ0v) is 13.0. The normalized spacial score (nSPS) is 11.9. The van der Waals surface area contributed by atoms with Gasteiger partial charge in [0, 0.05) is 18.0 Å². The summed E-state index contributed by atoms with van der Waals surface area (Å²) in [6, 6.07) is 16.7. The summed E-state index contributed by atoms with van der Waals surface area (Å²) in [7, 11) is 0. The van der Waals surface area contributed by atoms with Crippen LogP contribution in [-0.2, 0) is 0 Å². The van der Waals surface area contributed by atoms with Gasteiger partial charge in [-0.05, 0) is 24.1 Å². The Kier molecular flexibility index (Phi) is 6.16. The average Bonchev–Trinajstić information content (AvgIpc) is 2.56. The van der Waals surface area contributed by atoms with Crippen LogP contribution >= 0.6 is 0 Å². The van der Waals surface area contributed by atoms with Crippen LogP contribution in [0.1, 0.15) is 48.1 Å². The van der Waals surface area contributed by atoms with E-state index in [0.717, 1.165) is 30.8 Å². The highest BCUT2D eigenvalue weighted by atomic mass is 16.5. The fraction of sp³-hybridized carbons (Fsp3) is 0.316. The van der Waals surface area contributed by atoms with Crippen molar-refractivity contribution < 1.29 is 9.53 Å². The summed E-state index contributed by atoms with van der Waals surface area (Å²) < 4.78 is 5.62. The Morgan fingerprint density at radius 1 is 1.09 bits per heavy atom. The van der Waals surface area contributed by atoms with Crippen molar-refractivity contribution in [3.05, 3.63) is 65.7 Å². The Bertz CT molecular complexity index is 578. The second kappa shape index (κ2) is 8.35. The number of hydrogen-bond acceptors (Lipinski definition) is 3. The van der Waals surface area contributed by atoms with Crippen LogP contribution in [-0.4, -0.2) is 12.4 Å². The van der Waals surface area contributed by atoms with E-state index in [4.69, 9.17) is 10.5 Å². The summed E-state index contributed by atoms with van der Waals surface area (Å²) in [5, 5.41) is 0. The smallest absolute Gasteiger partial charge is 0.164 e. The van der Waals surface area contributed by atoms with Crippen molar-refractivity contribution in [1.29, 1.82) is 0 Å². The zero-order chi connectivity index (χ0) is 15.8. The van der Waals surface area contributed by atoms with Gasteiger partial charge in [0.1, 0.15) is 5.75 Å². The molecule has 2 rings (SSSR count). The fourth-order valence-electron chi connectivity index (χ4n) is 2.21. The van der Waals surface area contributed by atoms with Crippen LogP contribution in [0.5, 0.6) is 5.75 Å². The molecule has 2 aromatic carbocycles. The van der Waals surface area contributed by atoms with Gasteiger partial charge in [0.25, 0.3) is 0 Å². The Morgan fingerprint density at radius 2 is 1.77 bits per heavy atom. The molecule has 1 atom stereocenters. The van der Waals surface area contributed by atoms with Crippen LogP contribution in [0.3, 0.4) is 0 Å². The van der Waals surface area contributed by atoms with Crippen LogP contribution in [0.15, 0.2) is 54.6 Å². The summed E-state index contributed by atoms with van der Waals surface area (Å²) in [5.74, 6) is 0.912. The molecule has 0 aliphatic heterocycles. The topological polar surface area (TPSA) is 52.3 Å². The number of ketones is 1. The average molecular weight is 297 g/mol. The maximum Gasteiger partial charge on any atom is 0.164 e. The third-order valence-corrected chi connectivity index (χ3v) is 3.58. The predicted octanol–water partition coefficient (Wildman–Crippen LogP) is 4.14. The maximum atomic E-state index is 12.2. The minimum absolute atomic E-state index is 0.0661. The molecule has 3 heteroatoms. The second-order valence-electron chi connectivity index (χ2n) is 5.37. The van der Waals surface area contributed by atoms with Gasteiger partial charge in [-0.2, -0.15) is 0 Å². The van der Waals surface area contributed by atoms with E-state index < -0.39 is 0 Å². The summed E-state index contributed by atoms with van der Waals surface area (Å²) in [6.45, 7) is 2.86. The van der Waals surface area contributed by atoms with Crippen molar-refractivity contribution in [1.82, 2.24) is 0 Å². The van der Waals surface area contributed by atoms with E-state index in [0.29, 0.717) is 12.0 Å². The van der Waals surface area contributed by atoms with Crippen LogP contribution < -0.4 is 10.5 Å². The van der Waals surface area contributed by atoms with Crippen molar-refractivity contribution in [2.75, 3.05) is 6.61 Å². The molecule has 0 aromatic heterocycles. The fourth-order valence-corrected chi connectivity index (χ4v) is 2.21. The number of carbonyl (C=O) groups excluding carboxylic acids is 1. The number of Topliss-reactive ketones (excluding diaryl/α,β-unsaturated/α-hetero) is 1. The largest absolute Gasteiger partial charge is 0.494 e. The van der Waals surface area contributed by atoms with Crippen LogP contribution in [0.25, 0.3) is 0 Å². The van der Waals surface area contributed by atoms with Crippen LogP contribution in [0, 0.1) is 0 Å². The standard InChI is InChI=1S/C19H23NO2/c1-2-3-13-22-17-11-9-15(10-12-17)18(20)14-19(21)16-7-5-4-6-8-16/h4-12,18H,2-3,13-14,20H2,1H3/t18-/m1/s1. The van der Waals surface area contributed by atoms with Gasteiger partial charge < -0.3 is 10.5 Å². The SMILES string of the molecule is CCCCOc1ccc([C@H](N)CC(=O)c2ccccc2)cc1. The first-order valence-electron chi connectivity index (χ1n) is 7.77. The molecule has 0 saturated carbocycles. The van der Waals surface area contributed by atoms with Crippen molar-refractivity contribution in [2.24, 2.45) is 5.73 Å². The predicted molar refractivity (Wildman–Crippen MR) is 89.2 cm³/mol. The molecule has 0 fully saturated rings. The molecule has 0 aliphatic carbocycles. The monoisotopic (exact) mass is 297 g/mol. The minimum Gasteiger partial charge on any atom is -0.494 e. The Balaban J connectivity index is 1.92. The third kappa shape index (κ3) is 4.71. The quantitative estimate of drug-likeness (QED) is 0.588. The second-order valence-corrected chi connectivity index (χ2v) is 5.37. The number of carbonyl (C=O) groups is 1. The first kappa shape index (κ1) is 16.2. The molecule has 0 radical (unpaired) electrons. The van der Waals surface area contributed by atoms with Gasteiger partial charge in [0.15, 0.2) is 5.78 Å². The lowest BCUT2D eigenvalue weighted by molar-refractivity contribution is 0.0974. The molecule has 3 nitrogen and oxygen atoms in total. The number of rotatable bonds is 8. The lowest BCUT2D eigenvalue weighted by Crippen LogP contribution is -2.15. The summed E-state index contributed by atoms with van der Waals surface area (Å²) in [4.78, 5) is 12.2. The van der Waals surface area contributed by atoms with Gasteiger partial charge in [0.2, 0.25) is 0 Å². The Morgan fingerprint density at radius 3 is 2.41 bits per heavy atom.